The van der Waals surface area contributed by atoms with Crippen LogP contribution in [-0.2, 0) is 14.2 Å². The molecule has 0 aromatic rings. The summed E-state index contributed by atoms with van der Waals surface area (Å²) in [6.07, 6.45) is 21.2. The number of amides is 1. The molecule has 10 rings (SSSR count). The van der Waals surface area contributed by atoms with Crippen molar-refractivity contribution in [2.45, 2.75) is 148 Å². The van der Waals surface area contributed by atoms with Crippen LogP contribution in [0.15, 0.2) is 11.6 Å². The third-order valence-electron chi connectivity index (χ3n) is 16.0. The Hall–Kier alpha value is -1.07. The van der Waals surface area contributed by atoms with Crippen molar-refractivity contribution in [3.8, 4) is 0 Å². The van der Waals surface area contributed by atoms with E-state index in [9.17, 15) is 4.79 Å². The van der Waals surface area contributed by atoms with Crippen molar-refractivity contribution in [2.75, 3.05) is 6.61 Å². The first-order valence-electron chi connectivity index (χ1n) is 18.6. The van der Waals surface area contributed by atoms with Crippen molar-refractivity contribution in [3.63, 3.8) is 0 Å². The minimum atomic E-state index is -0.321. The number of carbonyl (C=O) groups is 1. The number of nitrogens with one attached hydrogen (secondary N) is 1. The molecule has 10 aliphatic rings. The monoisotopic (exact) mass is 591 g/mol. The summed E-state index contributed by atoms with van der Waals surface area (Å²) in [7, 11) is 0. The molecule has 1 amide bonds. The summed E-state index contributed by atoms with van der Waals surface area (Å²) in [4.78, 5) is 13.3. The largest absolute Gasteiger partial charge is 0.446 e. The average Bonchev–Trinajstić information content (AvgIpc) is 3.39. The minimum Gasteiger partial charge on any atom is -0.446 e. The van der Waals surface area contributed by atoms with Gasteiger partial charge >= 0.3 is 6.09 Å². The van der Waals surface area contributed by atoms with Gasteiger partial charge in [0, 0.05) is 24.3 Å². The van der Waals surface area contributed by atoms with Crippen molar-refractivity contribution in [1.29, 1.82) is 0 Å². The topological polar surface area (TPSA) is 56.8 Å². The van der Waals surface area contributed by atoms with Crippen LogP contribution in [0.2, 0.25) is 0 Å². The summed E-state index contributed by atoms with van der Waals surface area (Å²) in [5.74, 6) is 6.20. The molecular formula is C38H57NO4. The molecule has 2 saturated heterocycles. The van der Waals surface area contributed by atoms with E-state index < -0.39 is 0 Å². The molecule has 0 unspecified atom stereocenters. The van der Waals surface area contributed by atoms with Crippen molar-refractivity contribution in [2.24, 2.45) is 64.1 Å². The zero-order valence-electron chi connectivity index (χ0n) is 27.4. The molecule has 0 aromatic heterocycles. The quantitative estimate of drug-likeness (QED) is 0.328. The minimum absolute atomic E-state index is 0.0308. The molecule has 7 saturated carbocycles. The lowest BCUT2D eigenvalue weighted by atomic mass is 9.47. The van der Waals surface area contributed by atoms with Gasteiger partial charge in [-0.15, -0.1) is 0 Å². The molecule has 2 heterocycles. The summed E-state index contributed by atoms with van der Waals surface area (Å²) in [5.41, 5.74) is 2.25. The summed E-state index contributed by atoms with van der Waals surface area (Å²) >= 11 is 0. The molecule has 5 nitrogen and oxygen atoms in total. The molecule has 1 spiro atoms. The first-order chi connectivity index (χ1) is 20.6. The first kappa shape index (κ1) is 28.2. The standard InChI is InChI=1S/C38H57NO4/c1-22-7-12-38(41-21-22)23(2)33-32(43-38)17-31-29-6-5-27-16-28(8-10-35(27,3)30(29)9-11-36(31,33)4)42-34(40)39-37-18-24-13-25(19-37)15-26(14-24)20-37/h5,22-26,28-33H,6-21H2,1-4H3,(H,39,40)/t22-,23+,24?,25?,26?,28+,29-,30+,31+,32+,33+,35+,36+,37?,38-/m1/s1. The molecule has 4 bridgehead atoms. The second kappa shape index (κ2) is 9.49. The first-order valence-corrected chi connectivity index (χ1v) is 18.6. The van der Waals surface area contributed by atoms with E-state index >= 15 is 0 Å². The number of ether oxygens (including phenoxy) is 3. The fourth-order valence-corrected chi connectivity index (χ4v) is 14.4. The molecule has 1 N–H and O–H groups in total. The van der Waals surface area contributed by atoms with Crippen molar-refractivity contribution < 1.29 is 19.0 Å². The number of hydrogen-bond acceptors (Lipinski definition) is 4. The maximum Gasteiger partial charge on any atom is 0.407 e. The molecule has 0 aromatic carbocycles. The van der Waals surface area contributed by atoms with Gasteiger partial charge < -0.3 is 19.5 Å². The van der Waals surface area contributed by atoms with Crippen LogP contribution in [0.25, 0.3) is 0 Å². The van der Waals surface area contributed by atoms with E-state index in [4.69, 9.17) is 14.2 Å². The predicted octanol–water partition coefficient (Wildman–Crippen LogP) is 8.42. The molecular weight excluding hydrogens is 534 g/mol. The highest BCUT2D eigenvalue weighted by molar-refractivity contribution is 5.68. The van der Waals surface area contributed by atoms with Crippen molar-refractivity contribution in [3.05, 3.63) is 11.6 Å². The normalized spacial score (nSPS) is 57.9. The Balaban J connectivity index is 0.874. The van der Waals surface area contributed by atoms with Crippen molar-refractivity contribution >= 4 is 6.09 Å². The summed E-state index contributed by atoms with van der Waals surface area (Å²) in [5, 5.41) is 3.47. The van der Waals surface area contributed by atoms with Gasteiger partial charge in [-0.2, -0.15) is 0 Å². The summed E-state index contributed by atoms with van der Waals surface area (Å²) in [6.45, 7) is 10.8. The maximum absolute atomic E-state index is 13.3. The Bertz CT molecular complexity index is 1150. The van der Waals surface area contributed by atoms with Gasteiger partial charge in [0.15, 0.2) is 5.79 Å². The zero-order valence-corrected chi connectivity index (χ0v) is 27.4. The van der Waals surface area contributed by atoms with Crippen LogP contribution < -0.4 is 5.32 Å². The van der Waals surface area contributed by atoms with Crippen LogP contribution in [0, 0.1) is 64.1 Å². The fourth-order valence-electron chi connectivity index (χ4n) is 14.4. The molecule has 238 valence electrons. The van der Waals surface area contributed by atoms with Gasteiger partial charge in [0.1, 0.15) is 6.10 Å². The second-order valence-corrected chi connectivity index (χ2v) is 18.4. The highest BCUT2D eigenvalue weighted by atomic mass is 16.7. The number of alkyl carbamates (subject to hydrolysis) is 1. The maximum atomic E-state index is 13.3. The number of carbonyl (C=O) groups excluding carboxylic acids is 1. The molecule has 11 atom stereocenters. The van der Waals surface area contributed by atoms with Crippen LogP contribution in [-0.4, -0.2) is 36.2 Å². The van der Waals surface area contributed by atoms with Crippen LogP contribution in [0.3, 0.4) is 0 Å². The van der Waals surface area contributed by atoms with Gasteiger partial charge in [-0.3, -0.25) is 0 Å². The smallest absolute Gasteiger partial charge is 0.407 e. The van der Waals surface area contributed by atoms with Crippen LogP contribution >= 0.6 is 0 Å². The van der Waals surface area contributed by atoms with E-state index in [0.717, 1.165) is 67.8 Å². The van der Waals surface area contributed by atoms with Gasteiger partial charge in [-0.05, 0) is 142 Å². The Labute approximate surface area is 260 Å². The van der Waals surface area contributed by atoms with Crippen LogP contribution in [0.1, 0.15) is 124 Å². The van der Waals surface area contributed by atoms with Gasteiger partial charge in [-0.25, -0.2) is 4.79 Å². The van der Waals surface area contributed by atoms with Gasteiger partial charge in [0.25, 0.3) is 0 Å². The Morgan fingerprint density at radius 1 is 0.930 bits per heavy atom. The number of allylic oxidation sites excluding steroid dienone is 1. The van der Waals surface area contributed by atoms with E-state index in [0.29, 0.717) is 29.3 Å². The summed E-state index contributed by atoms with van der Waals surface area (Å²) < 4.78 is 19.8. The fraction of sp³-hybridized carbons (Fsp3) is 0.921. The Morgan fingerprint density at radius 3 is 2.37 bits per heavy atom. The highest BCUT2D eigenvalue weighted by Gasteiger charge is 2.68. The molecule has 8 aliphatic carbocycles. The predicted molar refractivity (Wildman–Crippen MR) is 166 cm³/mol. The van der Waals surface area contributed by atoms with E-state index in [1.54, 1.807) is 5.57 Å². The van der Waals surface area contributed by atoms with Crippen molar-refractivity contribution in [1.82, 2.24) is 5.32 Å². The van der Waals surface area contributed by atoms with E-state index in [2.05, 4.69) is 39.1 Å². The highest BCUT2D eigenvalue weighted by Crippen LogP contribution is 2.70. The third-order valence-corrected chi connectivity index (χ3v) is 16.0. The number of hydrogen-bond donors (Lipinski definition) is 1. The van der Waals surface area contributed by atoms with E-state index in [1.165, 1.54) is 70.6 Å². The SMILES string of the molecule is C[C@@H]1CC[C@@]2(OC1)O[C@H]1C[C@H]3[C@@H]4CC=C5C[C@@H](OC(=O)NC67CC8CC(CC(C8)C6)C7)CC[C@]5(C)[C@H]4CC[C@]3(C)[C@H]1[C@@H]2C. The summed E-state index contributed by atoms with van der Waals surface area (Å²) in [6, 6.07) is 0. The lowest BCUT2D eigenvalue weighted by Crippen LogP contribution is -2.60. The van der Waals surface area contributed by atoms with E-state index in [1.807, 2.05) is 0 Å². The van der Waals surface area contributed by atoms with E-state index in [-0.39, 0.29) is 28.9 Å². The molecule has 2 aliphatic heterocycles. The Morgan fingerprint density at radius 2 is 1.67 bits per heavy atom. The molecule has 5 heteroatoms. The van der Waals surface area contributed by atoms with Crippen LogP contribution in [0.5, 0.6) is 0 Å². The Kier molecular flexibility index (Phi) is 6.22. The van der Waals surface area contributed by atoms with Gasteiger partial charge in [0.2, 0.25) is 0 Å². The lowest BCUT2D eigenvalue weighted by molar-refractivity contribution is -0.272. The molecule has 43 heavy (non-hydrogen) atoms. The van der Waals surface area contributed by atoms with Crippen LogP contribution in [0.4, 0.5) is 4.79 Å². The zero-order chi connectivity index (χ0) is 29.4. The van der Waals surface area contributed by atoms with Gasteiger partial charge in [-0.1, -0.05) is 39.3 Å². The number of fused-ring (bicyclic) bond motifs is 7. The van der Waals surface area contributed by atoms with Gasteiger partial charge in [0.05, 0.1) is 12.7 Å². The number of rotatable bonds is 2. The molecule has 0 radical (unpaired) electrons. The molecule has 9 fully saturated rings. The average molecular weight is 592 g/mol. The lowest BCUT2D eigenvalue weighted by Gasteiger charge is -2.58. The second-order valence-electron chi connectivity index (χ2n) is 18.4. The third kappa shape index (κ3) is 4.10.